The summed E-state index contributed by atoms with van der Waals surface area (Å²) in [5, 5.41) is 11.9. The van der Waals surface area contributed by atoms with E-state index in [0.717, 1.165) is 0 Å². The Hall–Kier alpha value is -2.28. The van der Waals surface area contributed by atoms with Crippen LogP contribution in [0.4, 0.5) is 0 Å². The third-order valence-electron chi connectivity index (χ3n) is 3.72. The number of hydrogen-bond acceptors (Lipinski definition) is 5. The van der Waals surface area contributed by atoms with Crippen molar-refractivity contribution in [3.8, 4) is 0 Å². The fourth-order valence-corrected chi connectivity index (χ4v) is 1.73. The van der Waals surface area contributed by atoms with E-state index in [1.807, 2.05) is 27.7 Å². The van der Waals surface area contributed by atoms with E-state index in [1.54, 1.807) is 0 Å². The summed E-state index contributed by atoms with van der Waals surface area (Å²) in [6.07, 6.45) is 1.97. The molecular formula is C16H23N3O4. The number of carboxylic acid groups (broad SMARTS) is 1. The zero-order chi connectivity index (χ0) is 17.6. The molecular weight excluding hydrogens is 298 g/mol. The third kappa shape index (κ3) is 4.85. The van der Waals surface area contributed by atoms with Crippen LogP contribution in [0.2, 0.25) is 0 Å². The van der Waals surface area contributed by atoms with E-state index in [1.165, 1.54) is 19.4 Å². The number of rotatable bonds is 7. The molecule has 0 atom stereocenters. The van der Waals surface area contributed by atoms with Crippen molar-refractivity contribution in [2.75, 3.05) is 7.11 Å². The predicted molar refractivity (Wildman–Crippen MR) is 86.6 cm³/mol. The van der Waals surface area contributed by atoms with Gasteiger partial charge in [0, 0.05) is 13.3 Å². The van der Waals surface area contributed by atoms with Gasteiger partial charge in [-0.2, -0.15) is 0 Å². The first-order valence-corrected chi connectivity index (χ1v) is 7.24. The molecule has 23 heavy (non-hydrogen) atoms. The van der Waals surface area contributed by atoms with E-state index in [4.69, 9.17) is 4.74 Å². The molecule has 0 aliphatic carbocycles. The molecule has 0 radical (unpaired) electrons. The van der Waals surface area contributed by atoms with E-state index in [-0.39, 0.29) is 29.6 Å². The molecule has 1 rings (SSSR count). The number of carbonyl (C=O) groups is 2. The summed E-state index contributed by atoms with van der Waals surface area (Å²) in [7, 11) is 1.51. The van der Waals surface area contributed by atoms with Gasteiger partial charge in [-0.1, -0.05) is 13.8 Å². The standard InChI is InChI=1S/C16H23N3O4/c1-10(2)16(3,4)19-14(18-9-20)13-12(15(21)22)6-11(7-17-13)8-23-5/h6-7,9-10H,8H2,1-5H3,(H,21,22)(H,18,19,20). The Morgan fingerprint density at radius 3 is 2.65 bits per heavy atom. The van der Waals surface area contributed by atoms with Crippen molar-refractivity contribution in [3.63, 3.8) is 0 Å². The number of nitrogens with zero attached hydrogens (tertiary/aromatic N) is 2. The zero-order valence-corrected chi connectivity index (χ0v) is 14.1. The smallest absolute Gasteiger partial charge is 0.338 e. The van der Waals surface area contributed by atoms with Gasteiger partial charge >= 0.3 is 5.97 Å². The molecule has 1 heterocycles. The van der Waals surface area contributed by atoms with Crippen molar-refractivity contribution in [2.24, 2.45) is 10.9 Å². The average Bonchev–Trinajstić information content (AvgIpc) is 2.46. The Morgan fingerprint density at radius 2 is 2.17 bits per heavy atom. The summed E-state index contributed by atoms with van der Waals surface area (Å²) in [5.74, 6) is -0.819. The van der Waals surface area contributed by atoms with Gasteiger partial charge in [0.25, 0.3) is 0 Å². The number of pyridine rings is 1. The van der Waals surface area contributed by atoms with Gasteiger partial charge in [-0.3, -0.25) is 14.8 Å². The lowest BCUT2D eigenvalue weighted by atomic mass is 9.91. The van der Waals surface area contributed by atoms with Gasteiger partial charge in [0.15, 0.2) is 5.84 Å². The van der Waals surface area contributed by atoms with Gasteiger partial charge in [-0.25, -0.2) is 4.79 Å². The number of amidine groups is 1. The monoisotopic (exact) mass is 321 g/mol. The van der Waals surface area contributed by atoms with E-state index in [2.05, 4.69) is 15.3 Å². The van der Waals surface area contributed by atoms with Gasteiger partial charge < -0.3 is 15.2 Å². The Morgan fingerprint density at radius 1 is 1.52 bits per heavy atom. The highest BCUT2D eigenvalue weighted by Gasteiger charge is 2.25. The molecule has 1 aromatic rings. The molecule has 2 N–H and O–H groups in total. The van der Waals surface area contributed by atoms with Gasteiger partial charge in [0.2, 0.25) is 6.41 Å². The van der Waals surface area contributed by atoms with Crippen molar-refractivity contribution < 1.29 is 19.4 Å². The number of nitrogens with one attached hydrogen (secondary N) is 1. The van der Waals surface area contributed by atoms with Gasteiger partial charge in [-0.05, 0) is 31.4 Å². The summed E-state index contributed by atoms with van der Waals surface area (Å²) in [5.41, 5.74) is 0.223. The molecule has 0 spiro atoms. The summed E-state index contributed by atoms with van der Waals surface area (Å²) in [6, 6.07) is 1.47. The molecule has 0 fully saturated rings. The summed E-state index contributed by atoms with van der Waals surface area (Å²) >= 11 is 0. The molecule has 126 valence electrons. The Bertz CT molecular complexity index is 609. The number of aromatic carboxylic acids is 1. The van der Waals surface area contributed by atoms with Crippen LogP contribution in [0.1, 0.15) is 49.3 Å². The van der Waals surface area contributed by atoms with Gasteiger partial charge in [-0.15, -0.1) is 0 Å². The molecule has 0 aliphatic heterocycles. The number of hydrogen-bond donors (Lipinski definition) is 2. The van der Waals surface area contributed by atoms with Crippen LogP contribution >= 0.6 is 0 Å². The Kier molecular flexibility index (Phi) is 6.38. The normalized spacial score (nSPS) is 12.3. The van der Waals surface area contributed by atoms with Crippen LogP contribution < -0.4 is 5.32 Å². The quantitative estimate of drug-likeness (QED) is 0.453. The topological polar surface area (TPSA) is 101 Å². The van der Waals surface area contributed by atoms with Crippen LogP contribution in [0.3, 0.4) is 0 Å². The molecule has 0 unspecified atom stereocenters. The molecule has 7 heteroatoms. The van der Waals surface area contributed by atoms with Gasteiger partial charge in [0.05, 0.1) is 17.7 Å². The number of carboxylic acids is 1. The minimum atomic E-state index is -1.15. The lowest BCUT2D eigenvalue weighted by Crippen LogP contribution is -2.33. The van der Waals surface area contributed by atoms with Crippen molar-refractivity contribution >= 4 is 18.2 Å². The minimum Gasteiger partial charge on any atom is -0.478 e. The molecule has 0 aromatic carbocycles. The van der Waals surface area contributed by atoms with Crippen LogP contribution in [0, 0.1) is 5.92 Å². The number of ether oxygens (including phenoxy) is 1. The average molecular weight is 321 g/mol. The largest absolute Gasteiger partial charge is 0.478 e. The van der Waals surface area contributed by atoms with E-state index in [9.17, 15) is 14.7 Å². The second-order valence-electron chi connectivity index (χ2n) is 6.01. The number of amides is 1. The van der Waals surface area contributed by atoms with Crippen LogP contribution in [0.25, 0.3) is 0 Å². The van der Waals surface area contributed by atoms with Crippen molar-refractivity contribution in [1.82, 2.24) is 10.3 Å². The van der Waals surface area contributed by atoms with Crippen molar-refractivity contribution in [1.29, 1.82) is 0 Å². The SMILES string of the molecule is COCc1cnc(C(=NC(C)(C)C(C)C)NC=O)c(C(=O)O)c1. The maximum absolute atomic E-state index is 11.5. The predicted octanol–water partition coefficient (Wildman–Crippen LogP) is 1.85. The maximum atomic E-state index is 11.5. The van der Waals surface area contributed by atoms with E-state index < -0.39 is 11.5 Å². The number of aliphatic imine (C=N–C) groups is 1. The maximum Gasteiger partial charge on any atom is 0.338 e. The highest BCUT2D eigenvalue weighted by molar-refractivity contribution is 6.09. The van der Waals surface area contributed by atoms with Crippen LogP contribution in [0.5, 0.6) is 0 Å². The van der Waals surface area contributed by atoms with Gasteiger partial charge in [0.1, 0.15) is 5.69 Å². The first-order valence-electron chi connectivity index (χ1n) is 7.24. The minimum absolute atomic E-state index is 0.0350. The Labute approximate surface area is 135 Å². The van der Waals surface area contributed by atoms with Crippen LogP contribution in [0.15, 0.2) is 17.3 Å². The first-order chi connectivity index (χ1) is 10.7. The molecule has 7 nitrogen and oxygen atoms in total. The number of aromatic nitrogens is 1. The molecule has 0 aliphatic rings. The molecule has 0 bridgehead atoms. The summed E-state index contributed by atoms with van der Waals surface area (Å²) < 4.78 is 4.99. The molecule has 1 amide bonds. The Balaban J connectivity index is 3.45. The summed E-state index contributed by atoms with van der Waals surface area (Å²) in [4.78, 5) is 31.1. The second kappa shape index (κ2) is 7.82. The molecule has 1 aromatic heterocycles. The highest BCUT2D eigenvalue weighted by Crippen LogP contribution is 2.22. The van der Waals surface area contributed by atoms with E-state index in [0.29, 0.717) is 12.0 Å². The summed E-state index contributed by atoms with van der Waals surface area (Å²) in [6.45, 7) is 8.05. The molecule has 0 saturated heterocycles. The number of carbonyl (C=O) groups excluding carboxylic acids is 1. The van der Waals surface area contributed by atoms with Crippen LogP contribution in [-0.2, 0) is 16.1 Å². The van der Waals surface area contributed by atoms with Crippen molar-refractivity contribution in [3.05, 3.63) is 29.1 Å². The zero-order valence-electron chi connectivity index (χ0n) is 14.1. The number of methoxy groups -OCH3 is 1. The second-order valence-corrected chi connectivity index (χ2v) is 6.01. The first kappa shape index (κ1) is 18.8. The highest BCUT2D eigenvalue weighted by atomic mass is 16.5. The third-order valence-corrected chi connectivity index (χ3v) is 3.72. The molecule has 0 saturated carbocycles. The lowest BCUT2D eigenvalue weighted by molar-refractivity contribution is -0.108. The lowest BCUT2D eigenvalue weighted by Gasteiger charge is -2.26. The van der Waals surface area contributed by atoms with Crippen molar-refractivity contribution in [2.45, 2.75) is 39.8 Å². The van der Waals surface area contributed by atoms with Crippen LogP contribution in [-0.4, -0.2) is 41.0 Å². The fraction of sp³-hybridized carbons (Fsp3) is 0.500. The fourth-order valence-electron chi connectivity index (χ4n) is 1.73. The van der Waals surface area contributed by atoms with E-state index >= 15 is 0 Å².